The van der Waals surface area contributed by atoms with Crippen LogP contribution in [-0.4, -0.2) is 11.6 Å². The van der Waals surface area contributed by atoms with Crippen molar-refractivity contribution in [2.24, 2.45) is 5.10 Å². The zero-order valence-corrected chi connectivity index (χ0v) is 18.8. The molecule has 0 saturated heterocycles. The molecule has 0 spiro atoms. The minimum atomic E-state index is -0.294. The van der Waals surface area contributed by atoms with E-state index in [-0.39, 0.29) is 5.91 Å². The average molecular weight is 463 g/mol. The third-order valence-corrected chi connectivity index (χ3v) is 5.61. The summed E-state index contributed by atoms with van der Waals surface area (Å²) in [5.41, 5.74) is 5.61. The molecule has 0 heterocycles. The summed E-state index contributed by atoms with van der Waals surface area (Å²) in [6.45, 7) is 2.17. The Morgan fingerprint density at radius 2 is 1.59 bits per heavy atom. The van der Waals surface area contributed by atoms with E-state index in [0.29, 0.717) is 28.0 Å². The Hall–Kier alpha value is -3.34. The van der Waals surface area contributed by atoms with E-state index in [1.54, 1.807) is 36.4 Å². The first-order chi connectivity index (χ1) is 15.5. The monoisotopic (exact) mass is 462 g/mol. The fourth-order valence-corrected chi connectivity index (χ4v) is 3.64. The van der Waals surface area contributed by atoms with Crippen LogP contribution < -0.4 is 10.2 Å². The van der Waals surface area contributed by atoms with Gasteiger partial charge in [0, 0.05) is 21.2 Å². The summed E-state index contributed by atoms with van der Waals surface area (Å²) in [5, 5.41) is 7.67. The molecule has 160 valence electrons. The molecule has 4 aromatic rings. The maximum Gasteiger partial charge on any atom is 0.271 e. The van der Waals surface area contributed by atoms with Crippen molar-refractivity contribution in [3.63, 3.8) is 0 Å². The second-order valence-corrected chi connectivity index (χ2v) is 8.09. The van der Waals surface area contributed by atoms with Crippen LogP contribution in [-0.2, 0) is 6.61 Å². The number of ether oxygens (including phenoxy) is 1. The third-order valence-electron chi connectivity index (χ3n) is 5.02. The van der Waals surface area contributed by atoms with Gasteiger partial charge >= 0.3 is 0 Å². The van der Waals surface area contributed by atoms with E-state index in [0.717, 1.165) is 27.6 Å². The molecule has 0 fully saturated rings. The number of halogens is 2. The molecule has 0 aromatic heterocycles. The van der Waals surface area contributed by atoms with Gasteiger partial charge in [-0.1, -0.05) is 65.7 Å². The molecule has 0 saturated carbocycles. The molecule has 4 nitrogen and oxygen atoms in total. The molecule has 4 aromatic carbocycles. The third kappa shape index (κ3) is 5.28. The van der Waals surface area contributed by atoms with Crippen LogP contribution in [0.4, 0.5) is 0 Å². The average Bonchev–Trinajstić information content (AvgIpc) is 2.81. The largest absolute Gasteiger partial charge is 0.489 e. The van der Waals surface area contributed by atoms with Crippen LogP contribution in [0, 0.1) is 0 Å². The Morgan fingerprint density at radius 1 is 0.875 bits per heavy atom. The van der Waals surface area contributed by atoms with Crippen LogP contribution in [0.15, 0.2) is 90.0 Å². The molecule has 4 rings (SSSR count). The summed E-state index contributed by atoms with van der Waals surface area (Å²) >= 11 is 12.1. The highest BCUT2D eigenvalue weighted by atomic mass is 35.5. The number of nitrogens with zero attached hydrogens (tertiary/aromatic N) is 1. The van der Waals surface area contributed by atoms with Gasteiger partial charge in [-0.2, -0.15) is 5.10 Å². The van der Waals surface area contributed by atoms with Gasteiger partial charge in [0.15, 0.2) is 0 Å². The smallest absolute Gasteiger partial charge is 0.271 e. The molecule has 0 bridgehead atoms. The minimum absolute atomic E-state index is 0.294. The first-order valence-corrected chi connectivity index (χ1v) is 10.8. The second kappa shape index (κ2) is 9.86. The first-order valence-electron chi connectivity index (χ1n) is 10.0. The molecule has 6 heteroatoms. The number of hydrogen-bond acceptors (Lipinski definition) is 3. The van der Waals surface area contributed by atoms with E-state index in [1.165, 1.54) is 0 Å². The molecule has 0 aliphatic rings. The van der Waals surface area contributed by atoms with Crippen LogP contribution in [0.5, 0.6) is 5.75 Å². The fraction of sp³-hybridized carbons (Fsp3) is 0.0769. The lowest BCUT2D eigenvalue weighted by molar-refractivity contribution is 0.0955. The van der Waals surface area contributed by atoms with Crippen LogP contribution in [0.25, 0.3) is 10.8 Å². The van der Waals surface area contributed by atoms with Crippen molar-refractivity contribution in [3.05, 3.63) is 112 Å². The fourth-order valence-electron chi connectivity index (χ4n) is 3.18. The molecular formula is C26H20Cl2N2O2. The topological polar surface area (TPSA) is 50.7 Å². The van der Waals surface area contributed by atoms with E-state index in [4.69, 9.17) is 27.9 Å². The van der Waals surface area contributed by atoms with Crippen molar-refractivity contribution in [2.75, 3.05) is 0 Å². The van der Waals surface area contributed by atoms with Gasteiger partial charge in [0.05, 0.1) is 5.71 Å². The van der Waals surface area contributed by atoms with Gasteiger partial charge in [-0.3, -0.25) is 4.79 Å². The molecule has 0 aliphatic carbocycles. The standard InChI is InChI=1S/C26H20Cl2N2O2/c1-17(20-7-6-18-4-2-3-5-21(18)14-20)29-30-26(31)19-9-12-24(13-10-19)32-16-22-8-11-23(27)15-25(22)28/h2-15H,16H2,1H3,(H,30,31)/b29-17+. The number of hydrogen-bond donors (Lipinski definition) is 1. The number of hydrazone groups is 1. The zero-order chi connectivity index (χ0) is 22.5. The SMILES string of the molecule is C/C(=N\NC(=O)c1ccc(OCc2ccc(Cl)cc2Cl)cc1)c1ccc2ccccc2c1. The summed E-state index contributed by atoms with van der Waals surface area (Å²) in [7, 11) is 0. The number of rotatable bonds is 6. The van der Waals surface area contributed by atoms with E-state index in [9.17, 15) is 4.79 Å². The molecule has 1 N–H and O–H groups in total. The zero-order valence-electron chi connectivity index (χ0n) is 17.3. The number of nitrogens with one attached hydrogen (secondary N) is 1. The van der Waals surface area contributed by atoms with Gasteiger partial charge < -0.3 is 4.74 Å². The Kier molecular flexibility index (Phi) is 6.74. The van der Waals surface area contributed by atoms with E-state index in [1.807, 2.05) is 37.3 Å². The lowest BCUT2D eigenvalue weighted by atomic mass is 10.0. The molecule has 1 amide bonds. The van der Waals surface area contributed by atoms with E-state index >= 15 is 0 Å². The van der Waals surface area contributed by atoms with Crippen LogP contribution in [0.2, 0.25) is 10.0 Å². The highest BCUT2D eigenvalue weighted by Crippen LogP contribution is 2.23. The predicted octanol–water partition coefficient (Wildman–Crippen LogP) is 6.88. The Morgan fingerprint density at radius 3 is 2.34 bits per heavy atom. The van der Waals surface area contributed by atoms with Crippen molar-refractivity contribution in [2.45, 2.75) is 13.5 Å². The molecule has 0 atom stereocenters. The summed E-state index contributed by atoms with van der Waals surface area (Å²) in [6.07, 6.45) is 0. The summed E-state index contributed by atoms with van der Waals surface area (Å²) in [5.74, 6) is 0.334. The predicted molar refractivity (Wildman–Crippen MR) is 131 cm³/mol. The van der Waals surface area contributed by atoms with E-state index < -0.39 is 0 Å². The van der Waals surface area contributed by atoms with Gasteiger partial charge in [-0.15, -0.1) is 0 Å². The maximum atomic E-state index is 12.5. The highest BCUT2D eigenvalue weighted by Gasteiger charge is 2.07. The quantitative estimate of drug-likeness (QED) is 0.250. The van der Waals surface area contributed by atoms with Crippen molar-refractivity contribution in [3.8, 4) is 5.75 Å². The molecule has 0 unspecified atom stereocenters. The number of fused-ring (bicyclic) bond motifs is 1. The molecular weight excluding hydrogens is 443 g/mol. The Balaban J connectivity index is 1.37. The number of benzene rings is 4. The molecule has 32 heavy (non-hydrogen) atoms. The maximum absolute atomic E-state index is 12.5. The Bertz CT molecular complexity index is 1300. The normalized spacial score (nSPS) is 11.4. The van der Waals surface area contributed by atoms with Crippen molar-refractivity contribution in [1.29, 1.82) is 0 Å². The first kappa shape index (κ1) is 21.9. The van der Waals surface area contributed by atoms with Crippen LogP contribution in [0.3, 0.4) is 0 Å². The van der Waals surface area contributed by atoms with Gasteiger partial charge in [-0.25, -0.2) is 5.43 Å². The van der Waals surface area contributed by atoms with Crippen molar-refractivity contribution in [1.82, 2.24) is 5.43 Å². The Labute approximate surface area is 196 Å². The van der Waals surface area contributed by atoms with Gasteiger partial charge in [-0.05, 0) is 65.7 Å². The lowest BCUT2D eigenvalue weighted by Crippen LogP contribution is -2.19. The summed E-state index contributed by atoms with van der Waals surface area (Å²) in [4.78, 5) is 12.5. The number of carbonyl (C=O) groups is 1. The number of carbonyl (C=O) groups excluding carboxylic acids is 1. The van der Waals surface area contributed by atoms with Crippen LogP contribution in [0.1, 0.15) is 28.4 Å². The summed E-state index contributed by atoms with van der Waals surface area (Å²) < 4.78 is 5.75. The van der Waals surface area contributed by atoms with Crippen molar-refractivity contribution < 1.29 is 9.53 Å². The molecule has 0 radical (unpaired) electrons. The van der Waals surface area contributed by atoms with E-state index in [2.05, 4.69) is 28.7 Å². The highest BCUT2D eigenvalue weighted by molar-refractivity contribution is 6.35. The van der Waals surface area contributed by atoms with Crippen molar-refractivity contribution >= 4 is 45.6 Å². The number of amides is 1. The lowest BCUT2D eigenvalue weighted by Gasteiger charge is -2.09. The van der Waals surface area contributed by atoms with Crippen LogP contribution >= 0.6 is 23.2 Å². The van der Waals surface area contributed by atoms with Gasteiger partial charge in [0.1, 0.15) is 12.4 Å². The van der Waals surface area contributed by atoms with Gasteiger partial charge in [0.25, 0.3) is 5.91 Å². The second-order valence-electron chi connectivity index (χ2n) is 7.25. The molecule has 0 aliphatic heterocycles. The van der Waals surface area contributed by atoms with Gasteiger partial charge in [0.2, 0.25) is 0 Å². The minimum Gasteiger partial charge on any atom is -0.489 e. The summed E-state index contributed by atoms with van der Waals surface area (Å²) in [6, 6.07) is 26.3.